The maximum absolute atomic E-state index is 9.15. The van der Waals surface area contributed by atoms with E-state index in [4.69, 9.17) is 22.4 Å². The number of hydrazone groups is 1. The van der Waals surface area contributed by atoms with Crippen LogP contribution in [0, 0.1) is 0 Å². The molecule has 0 heterocycles. The van der Waals surface area contributed by atoms with Gasteiger partial charge in [-0.2, -0.15) is 5.10 Å². The second-order valence-electron chi connectivity index (χ2n) is 2.44. The second kappa shape index (κ2) is 4.78. The summed E-state index contributed by atoms with van der Waals surface area (Å²) in [5, 5.41) is 13.4. The van der Waals surface area contributed by atoms with Crippen molar-refractivity contribution in [3.8, 4) is 5.75 Å². The average molecular weight is 230 g/mol. The van der Waals surface area contributed by atoms with Crippen LogP contribution in [0.5, 0.6) is 5.75 Å². The van der Waals surface area contributed by atoms with Gasteiger partial charge in [0.15, 0.2) is 5.11 Å². The van der Waals surface area contributed by atoms with Gasteiger partial charge in [-0.1, -0.05) is 11.6 Å². The molecule has 1 aromatic carbocycles. The zero-order valence-electron chi connectivity index (χ0n) is 7.07. The van der Waals surface area contributed by atoms with Gasteiger partial charge in [-0.25, -0.2) is 0 Å². The van der Waals surface area contributed by atoms with Crippen LogP contribution in [0.3, 0.4) is 0 Å². The average Bonchev–Trinajstić information content (AvgIpc) is 2.10. The normalized spacial score (nSPS) is 10.4. The molecule has 0 amide bonds. The van der Waals surface area contributed by atoms with E-state index in [1.54, 1.807) is 6.07 Å². The number of benzene rings is 1. The van der Waals surface area contributed by atoms with Gasteiger partial charge in [0.05, 0.1) is 6.21 Å². The van der Waals surface area contributed by atoms with Gasteiger partial charge in [-0.3, -0.25) is 5.43 Å². The molecule has 6 heteroatoms. The Morgan fingerprint density at radius 2 is 2.36 bits per heavy atom. The molecule has 0 aliphatic carbocycles. The molecule has 0 saturated carbocycles. The molecule has 4 nitrogen and oxygen atoms in total. The summed E-state index contributed by atoms with van der Waals surface area (Å²) in [5.74, 6) is 0.117. The molecule has 0 saturated heterocycles. The first-order valence-corrected chi connectivity index (χ1v) is 4.45. The highest BCUT2D eigenvalue weighted by Crippen LogP contribution is 2.19. The van der Waals surface area contributed by atoms with E-state index in [1.807, 2.05) is 0 Å². The molecule has 14 heavy (non-hydrogen) atoms. The minimum atomic E-state index is 0.0672. The van der Waals surface area contributed by atoms with E-state index in [-0.39, 0.29) is 10.9 Å². The van der Waals surface area contributed by atoms with Crippen molar-refractivity contribution in [1.82, 2.24) is 5.43 Å². The number of hydrogen-bond donors (Lipinski definition) is 3. The predicted octanol–water partition coefficient (Wildman–Crippen LogP) is 1.21. The number of nitrogens with zero attached hydrogens (tertiary/aromatic N) is 1. The lowest BCUT2D eigenvalue weighted by Gasteiger charge is -1.98. The molecule has 74 valence electrons. The molecule has 0 bridgehead atoms. The number of thiocarbonyl (C=S) groups is 1. The Bertz CT molecular complexity index is 381. The number of nitrogens with two attached hydrogens (primary N) is 1. The summed E-state index contributed by atoms with van der Waals surface area (Å²) in [6.45, 7) is 0. The first kappa shape index (κ1) is 10.7. The molecule has 0 radical (unpaired) electrons. The molecule has 0 unspecified atom stereocenters. The fourth-order valence-corrected chi connectivity index (χ4v) is 1.01. The van der Waals surface area contributed by atoms with E-state index >= 15 is 0 Å². The first-order chi connectivity index (χ1) is 6.59. The fourth-order valence-electron chi connectivity index (χ4n) is 0.796. The van der Waals surface area contributed by atoms with Crippen molar-refractivity contribution in [3.05, 3.63) is 28.8 Å². The van der Waals surface area contributed by atoms with Crippen molar-refractivity contribution >= 4 is 35.1 Å². The van der Waals surface area contributed by atoms with Gasteiger partial charge in [0.25, 0.3) is 0 Å². The summed E-state index contributed by atoms with van der Waals surface area (Å²) in [5.41, 5.74) is 8.11. The molecule has 0 fully saturated rings. The van der Waals surface area contributed by atoms with Crippen LogP contribution in [0.4, 0.5) is 0 Å². The van der Waals surface area contributed by atoms with Gasteiger partial charge >= 0.3 is 0 Å². The first-order valence-electron chi connectivity index (χ1n) is 3.66. The third kappa shape index (κ3) is 3.20. The molecule has 0 aromatic heterocycles. The molecule has 4 N–H and O–H groups in total. The van der Waals surface area contributed by atoms with Crippen LogP contribution in [0.1, 0.15) is 5.56 Å². The molecule has 0 aliphatic heterocycles. The van der Waals surface area contributed by atoms with E-state index in [0.29, 0.717) is 10.6 Å². The molecule has 1 aromatic rings. The van der Waals surface area contributed by atoms with Gasteiger partial charge in [0, 0.05) is 10.6 Å². The van der Waals surface area contributed by atoms with Crippen LogP contribution in [-0.4, -0.2) is 16.4 Å². The van der Waals surface area contributed by atoms with Gasteiger partial charge in [-0.15, -0.1) is 0 Å². The van der Waals surface area contributed by atoms with Crippen molar-refractivity contribution < 1.29 is 5.11 Å². The Morgan fingerprint density at radius 3 is 3.00 bits per heavy atom. The van der Waals surface area contributed by atoms with Gasteiger partial charge in [0.2, 0.25) is 0 Å². The van der Waals surface area contributed by atoms with Crippen LogP contribution >= 0.6 is 23.8 Å². The lowest BCUT2D eigenvalue weighted by Crippen LogP contribution is -2.24. The van der Waals surface area contributed by atoms with Gasteiger partial charge in [-0.05, 0) is 30.4 Å². The van der Waals surface area contributed by atoms with Gasteiger partial charge in [0.1, 0.15) is 5.75 Å². The van der Waals surface area contributed by atoms with Crippen molar-refractivity contribution in [3.63, 3.8) is 0 Å². The van der Waals surface area contributed by atoms with Crippen LogP contribution in [-0.2, 0) is 0 Å². The highest BCUT2D eigenvalue weighted by atomic mass is 35.5. The van der Waals surface area contributed by atoms with Gasteiger partial charge < -0.3 is 10.8 Å². The van der Waals surface area contributed by atoms with E-state index in [1.165, 1.54) is 18.3 Å². The summed E-state index contributed by atoms with van der Waals surface area (Å²) >= 11 is 10.4. The van der Waals surface area contributed by atoms with Crippen molar-refractivity contribution in [2.24, 2.45) is 10.8 Å². The number of rotatable bonds is 2. The van der Waals surface area contributed by atoms with Crippen molar-refractivity contribution in [2.75, 3.05) is 0 Å². The number of hydrogen-bond acceptors (Lipinski definition) is 3. The third-order valence-electron chi connectivity index (χ3n) is 1.36. The number of phenolic OH excluding ortho intramolecular Hbond substituents is 1. The zero-order chi connectivity index (χ0) is 10.6. The van der Waals surface area contributed by atoms with Crippen LogP contribution < -0.4 is 11.2 Å². The van der Waals surface area contributed by atoms with E-state index in [9.17, 15) is 0 Å². The predicted molar refractivity (Wildman–Crippen MR) is 60.6 cm³/mol. The summed E-state index contributed by atoms with van der Waals surface area (Å²) in [7, 11) is 0. The quantitative estimate of drug-likeness (QED) is 0.405. The highest BCUT2D eigenvalue weighted by molar-refractivity contribution is 7.80. The summed E-state index contributed by atoms with van der Waals surface area (Å²) < 4.78 is 0. The maximum Gasteiger partial charge on any atom is 0.184 e. The number of halogens is 1. The smallest absolute Gasteiger partial charge is 0.184 e. The lowest BCUT2D eigenvalue weighted by atomic mass is 10.2. The largest absolute Gasteiger partial charge is 0.508 e. The molecule has 0 aliphatic rings. The fraction of sp³-hybridized carbons (Fsp3) is 0. The Hall–Kier alpha value is -1.33. The van der Waals surface area contributed by atoms with E-state index in [2.05, 4.69) is 22.7 Å². The molecule has 0 spiro atoms. The Morgan fingerprint density at radius 1 is 1.64 bits per heavy atom. The Kier molecular flexibility index (Phi) is 3.67. The van der Waals surface area contributed by atoms with E-state index in [0.717, 1.165) is 0 Å². The van der Waals surface area contributed by atoms with Crippen LogP contribution in [0.2, 0.25) is 5.02 Å². The summed E-state index contributed by atoms with van der Waals surface area (Å²) in [4.78, 5) is 0. The third-order valence-corrected chi connectivity index (χ3v) is 1.79. The number of aromatic hydroxyl groups is 1. The summed E-state index contributed by atoms with van der Waals surface area (Å²) in [6, 6.07) is 4.53. The minimum absolute atomic E-state index is 0.0672. The minimum Gasteiger partial charge on any atom is -0.508 e. The Labute approximate surface area is 91.4 Å². The highest BCUT2D eigenvalue weighted by Gasteiger charge is 1.97. The monoisotopic (exact) mass is 229 g/mol. The SMILES string of the molecule is NC(=S)NN=Cc1cc(O)ccc1Cl. The van der Waals surface area contributed by atoms with Crippen molar-refractivity contribution in [1.29, 1.82) is 0 Å². The molecular formula is C8H8ClN3OS. The van der Waals surface area contributed by atoms with E-state index < -0.39 is 0 Å². The lowest BCUT2D eigenvalue weighted by molar-refractivity contribution is 0.475. The molecule has 0 atom stereocenters. The number of nitrogens with one attached hydrogen (secondary N) is 1. The molecule has 1 rings (SSSR count). The molecular weight excluding hydrogens is 222 g/mol. The summed E-state index contributed by atoms with van der Waals surface area (Å²) in [6.07, 6.45) is 1.42. The number of phenols is 1. The Balaban J connectivity index is 2.80. The van der Waals surface area contributed by atoms with Crippen LogP contribution in [0.15, 0.2) is 23.3 Å². The van der Waals surface area contributed by atoms with Crippen molar-refractivity contribution in [2.45, 2.75) is 0 Å². The maximum atomic E-state index is 9.15. The zero-order valence-corrected chi connectivity index (χ0v) is 8.64. The standard InChI is InChI=1S/C8H8ClN3OS/c9-7-2-1-6(13)3-5(7)4-11-12-8(10)14/h1-4,13H,(H3,10,12,14). The second-order valence-corrected chi connectivity index (χ2v) is 3.29. The van der Waals surface area contributed by atoms with Crippen LogP contribution in [0.25, 0.3) is 0 Å². The topological polar surface area (TPSA) is 70.6 Å².